The van der Waals surface area contributed by atoms with E-state index in [0.29, 0.717) is 0 Å². The molecule has 1 N–H and O–H groups in total. The zero-order valence-corrected chi connectivity index (χ0v) is 11.3. The van der Waals surface area contributed by atoms with E-state index in [0.717, 1.165) is 13.1 Å². The van der Waals surface area contributed by atoms with Gasteiger partial charge in [0.15, 0.2) is 0 Å². The Labute approximate surface area is 105 Å². The molecule has 0 fully saturated rings. The lowest BCUT2D eigenvalue weighted by Crippen LogP contribution is -2.42. The molecule has 1 aromatic rings. The van der Waals surface area contributed by atoms with Crippen molar-refractivity contribution in [3.05, 3.63) is 36.7 Å². The van der Waals surface area contributed by atoms with Gasteiger partial charge in [0, 0.05) is 42.3 Å². The summed E-state index contributed by atoms with van der Waals surface area (Å²) in [5.74, 6) is 0. The quantitative estimate of drug-likeness (QED) is 0.792. The van der Waals surface area contributed by atoms with Gasteiger partial charge in [-0.25, -0.2) is 0 Å². The van der Waals surface area contributed by atoms with Gasteiger partial charge >= 0.3 is 0 Å². The van der Waals surface area contributed by atoms with Crippen molar-refractivity contribution in [3.8, 4) is 0 Å². The molecular formula is C14H23N3. The van der Waals surface area contributed by atoms with Crippen LogP contribution in [0.3, 0.4) is 0 Å². The van der Waals surface area contributed by atoms with Crippen LogP contribution in [0.15, 0.2) is 31.1 Å². The number of rotatable bonds is 5. The molecule has 0 saturated heterocycles. The first kappa shape index (κ1) is 13.7. The molecule has 17 heavy (non-hydrogen) atoms. The number of hydrogen-bond acceptors (Lipinski definition) is 3. The molecule has 0 amide bonds. The largest absolute Gasteiger partial charge is 0.363 e. The Bertz CT molecular complexity index is 366. The third-order valence-electron chi connectivity index (χ3n) is 2.66. The Morgan fingerprint density at radius 3 is 2.71 bits per heavy atom. The van der Waals surface area contributed by atoms with Gasteiger partial charge in [0.1, 0.15) is 0 Å². The summed E-state index contributed by atoms with van der Waals surface area (Å²) in [7, 11) is 1.95. The van der Waals surface area contributed by atoms with Crippen molar-refractivity contribution in [2.75, 3.05) is 18.5 Å². The van der Waals surface area contributed by atoms with Crippen LogP contribution in [0.4, 0.5) is 5.69 Å². The lowest BCUT2D eigenvalue weighted by atomic mass is 10.0. The molecule has 0 spiro atoms. The molecule has 0 bridgehead atoms. The molecular weight excluding hydrogens is 210 g/mol. The number of hydrogen-bond donors (Lipinski definition) is 1. The fourth-order valence-corrected chi connectivity index (χ4v) is 1.87. The first-order valence-electron chi connectivity index (χ1n) is 5.96. The number of nitrogens with one attached hydrogen (secondary N) is 1. The number of anilines is 1. The Balaban J connectivity index is 3.13. The van der Waals surface area contributed by atoms with Crippen molar-refractivity contribution in [3.63, 3.8) is 0 Å². The van der Waals surface area contributed by atoms with Crippen molar-refractivity contribution in [2.45, 2.75) is 32.9 Å². The fraction of sp³-hybridized carbons (Fsp3) is 0.500. The minimum Gasteiger partial charge on any atom is -0.363 e. The van der Waals surface area contributed by atoms with E-state index in [4.69, 9.17) is 0 Å². The molecule has 3 nitrogen and oxygen atoms in total. The van der Waals surface area contributed by atoms with Gasteiger partial charge in [-0.2, -0.15) is 0 Å². The van der Waals surface area contributed by atoms with Crippen molar-refractivity contribution < 1.29 is 0 Å². The highest BCUT2D eigenvalue weighted by Crippen LogP contribution is 2.26. The van der Waals surface area contributed by atoms with Gasteiger partial charge in [-0.1, -0.05) is 6.08 Å². The van der Waals surface area contributed by atoms with Crippen molar-refractivity contribution in [1.29, 1.82) is 0 Å². The highest BCUT2D eigenvalue weighted by molar-refractivity contribution is 5.54. The summed E-state index contributed by atoms with van der Waals surface area (Å²) >= 11 is 0. The molecule has 1 heterocycles. The average molecular weight is 233 g/mol. The summed E-state index contributed by atoms with van der Waals surface area (Å²) in [4.78, 5) is 6.54. The topological polar surface area (TPSA) is 28.2 Å². The summed E-state index contributed by atoms with van der Waals surface area (Å²) in [6.45, 7) is 12.1. The Morgan fingerprint density at radius 1 is 1.47 bits per heavy atom. The summed E-state index contributed by atoms with van der Waals surface area (Å²) in [5.41, 5.74) is 2.51. The normalized spacial score (nSPS) is 11.3. The van der Waals surface area contributed by atoms with Crippen LogP contribution in [-0.2, 0) is 6.54 Å². The molecule has 0 aliphatic heterocycles. The van der Waals surface area contributed by atoms with Gasteiger partial charge in [0.2, 0.25) is 0 Å². The molecule has 0 unspecified atom stereocenters. The zero-order valence-electron chi connectivity index (χ0n) is 11.3. The predicted molar refractivity (Wildman–Crippen MR) is 74.3 cm³/mol. The molecule has 0 aliphatic carbocycles. The molecule has 0 saturated carbocycles. The summed E-state index contributed by atoms with van der Waals surface area (Å²) < 4.78 is 0. The summed E-state index contributed by atoms with van der Waals surface area (Å²) in [5, 5.41) is 3.18. The van der Waals surface area contributed by atoms with Gasteiger partial charge < -0.3 is 10.2 Å². The van der Waals surface area contributed by atoms with Crippen LogP contribution in [0, 0.1) is 0 Å². The molecule has 1 aromatic heterocycles. The highest BCUT2D eigenvalue weighted by atomic mass is 15.2. The first-order valence-corrected chi connectivity index (χ1v) is 5.96. The second kappa shape index (κ2) is 5.82. The Hall–Kier alpha value is -1.35. The number of nitrogens with zero attached hydrogens (tertiary/aromatic N) is 2. The van der Waals surface area contributed by atoms with Crippen LogP contribution in [0.1, 0.15) is 26.3 Å². The van der Waals surface area contributed by atoms with Crippen LogP contribution in [0.25, 0.3) is 0 Å². The minimum atomic E-state index is 0.0675. The minimum absolute atomic E-state index is 0.0675. The predicted octanol–water partition coefficient (Wildman–Crippen LogP) is 2.59. The van der Waals surface area contributed by atoms with Gasteiger partial charge in [0.05, 0.1) is 0 Å². The molecule has 0 aromatic carbocycles. The van der Waals surface area contributed by atoms with Crippen LogP contribution in [0.5, 0.6) is 0 Å². The van der Waals surface area contributed by atoms with E-state index in [9.17, 15) is 0 Å². The molecule has 0 radical (unpaired) electrons. The molecule has 94 valence electrons. The second-order valence-corrected chi connectivity index (χ2v) is 5.10. The van der Waals surface area contributed by atoms with Crippen LogP contribution in [0.2, 0.25) is 0 Å². The monoisotopic (exact) mass is 233 g/mol. The van der Waals surface area contributed by atoms with Gasteiger partial charge in [-0.3, -0.25) is 4.98 Å². The Morgan fingerprint density at radius 2 is 2.18 bits per heavy atom. The summed E-state index contributed by atoms with van der Waals surface area (Å²) in [6.07, 6.45) is 5.71. The molecule has 3 heteroatoms. The van der Waals surface area contributed by atoms with E-state index >= 15 is 0 Å². The first-order chi connectivity index (χ1) is 8.00. The van der Waals surface area contributed by atoms with Crippen LogP contribution < -0.4 is 10.2 Å². The number of pyridine rings is 1. The fourth-order valence-electron chi connectivity index (χ4n) is 1.87. The molecule has 0 aliphatic rings. The van der Waals surface area contributed by atoms with Crippen molar-refractivity contribution in [2.24, 2.45) is 0 Å². The van der Waals surface area contributed by atoms with Gasteiger partial charge in [-0.05, 0) is 33.9 Å². The number of aromatic nitrogens is 1. The van der Waals surface area contributed by atoms with Crippen molar-refractivity contribution in [1.82, 2.24) is 10.3 Å². The van der Waals surface area contributed by atoms with E-state index in [1.54, 1.807) is 0 Å². The Kier molecular flexibility index (Phi) is 4.70. The van der Waals surface area contributed by atoms with E-state index in [1.165, 1.54) is 11.3 Å². The summed E-state index contributed by atoms with van der Waals surface area (Å²) in [6, 6.07) is 2.07. The van der Waals surface area contributed by atoms with Gasteiger partial charge in [-0.15, -0.1) is 6.58 Å². The maximum atomic E-state index is 4.20. The lowest BCUT2D eigenvalue weighted by Gasteiger charge is -2.38. The second-order valence-electron chi connectivity index (χ2n) is 5.10. The molecule has 1 rings (SSSR count). The third kappa shape index (κ3) is 3.56. The van der Waals surface area contributed by atoms with Gasteiger partial charge in [0.25, 0.3) is 0 Å². The average Bonchev–Trinajstić information content (AvgIpc) is 2.26. The lowest BCUT2D eigenvalue weighted by molar-refractivity contribution is 0.520. The molecule has 0 atom stereocenters. The van der Waals surface area contributed by atoms with Crippen molar-refractivity contribution >= 4 is 5.69 Å². The maximum Gasteiger partial charge on any atom is 0.0449 e. The third-order valence-corrected chi connectivity index (χ3v) is 2.66. The van der Waals surface area contributed by atoms with Crippen LogP contribution in [-0.4, -0.2) is 24.1 Å². The van der Waals surface area contributed by atoms with Crippen LogP contribution >= 0.6 is 0 Å². The standard InChI is InChI=1S/C14H23N3/c1-6-9-17(14(2,3)4)13-7-8-16-11-12(13)10-15-5/h6-8,11,15H,1,9-10H2,2-5H3. The highest BCUT2D eigenvalue weighted by Gasteiger charge is 2.22. The van der Waals surface area contributed by atoms with E-state index in [1.807, 2.05) is 25.5 Å². The van der Waals surface area contributed by atoms with E-state index in [-0.39, 0.29) is 5.54 Å². The zero-order chi connectivity index (χ0) is 12.9. The maximum absolute atomic E-state index is 4.20. The van der Waals surface area contributed by atoms with E-state index in [2.05, 4.69) is 48.6 Å². The SMILES string of the molecule is C=CCN(c1ccncc1CNC)C(C)(C)C. The van der Waals surface area contributed by atoms with E-state index < -0.39 is 0 Å². The smallest absolute Gasteiger partial charge is 0.0449 e.